The van der Waals surface area contributed by atoms with Crippen LogP contribution in [0.3, 0.4) is 0 Å². The van der Waals surface area contributed by atoms with Gasteiger partial charge in [-0.15, -0.1) is 0 Å². The summed E-state index contributed by atoms with van der Waals surface area (Å²) in [7, 11) is 0. The van der Waals surface area contributed by atoms with E-state index in [0.717, 1.165) is 11.5 Å². The fourth-order valence-corrected chi connectivity index (χ4v) is 3.20. The minimum atomic E-state index is 0.199. The standard InChI is InChI=1S/C14H24N2O4S/c17-13(15-3-7-19-8-4-15)1-11-21-12-2-14(18)16-5-9-20-10-6-16/h1-12H2. The zero-order valence-electron chi connectivity index (χ0n) is 12.4. The van der Waals surface area contributed by atoms with Crippen LogP contribution in [-0.2, 0) is 19.1 Å². The first kappa shape index (κ1) is 16.6. The molecule has 120 valence electrons. The molecule has 2 heterocycles. The molecular formula is C14H24N2O4S. The molecule has 0 aromatic heterocycles. The van der Waals surface area contributed by atoms with Crippen molar-refractivity contribution in [2.75, 3.05) is 64.1 Å². The van der Waals surface area contributed by atoms with Crippen molar-refractivity contribution in [1.82, 2.24) is 9.80 Å². The van der Waals surface area contributed by atoms with Crippen molar-refractivity contribution in [2.45, 2.75) is 12.8 Å². The maximum absolute atomic E-state index is 11.9. The van der Waals surface area contributed by atoms with Crippen LogP contribution in [0.1, 0.15) is 12.8 Å². The summed E-state index contributed by atoms with van der Waals surface area (Å²) < 4.78 is 10.5. The molecule has 0 N–H and O–H groups in total. The van der Waals surface area contributed by atoms with E-state index < -0.39 is 0 Å². The molecule has 6 nitrogen and oxygen atoms in total. The molecule has 0 radical (unpaired) electrons. The molecule has 0 saturated carbocycles. The van der Waals surface area contributed by atoms with Crippen molar-refractivity contribution in [3.05, 3.63) is 0 Å². The van der Waals surface area contributed by atoms with E-state index in [1.165, 1.54) is 0 Å². The van der Waals surface area contributed by atoms with Gasteiger partial charge in [-0.25, -0.2) is 0 Å². The Hall–Kier alpha value is -0.790. The van der Waals surface area contributed by atoms with E-state index in [1.807, 2.05) is 9.80 Å². The van der Waals surface area contributed by atoms with Crippen LogP contribution >= 0.6 is 11.8 Å². The van der Waals surface area contributed by atoms with Gasteiger partial charge in [-0.05, 0) is 0 Å². The Labute approximate surface area is 130 Å². The number of amides is 2. The number of rotatable bonds is 6. The minimum Gasteiger partial charge on any atom is -0.378 e. The quantitative estimate of drug-likeness (QED) is 0.656. The van der Waals surface area contributed by atoms with Gasteiger partial charge < -0.3 is 19.3 Å². The Morgan fingerprint density at radius 2 is 1.14 bits per heavy atom. The van der Waals surface area contributed by atoms with Crippen molar-refractivity contribution < 1.29 is 19.1 Å². The Morgan fingerprint density at radius 3 is 1.52 bits per heavy atom. The van der Waals surface area contributed by atoms with Gasteiger partial charge in [0, 0.05) is 50.5 Å². The summed E-state index contributed by atoms with van der Waals surface area (Å²) in [5, 5.41) is 0. The van der Waals surface area contributed by atoms with E-state index in [1.54, 1.807) is 11.8 Å². The first-order chi connectivity index (χ1) is 10.3. The van der Waals surface area contributed by atoms with Gasteiger partial charge in [-0.2, -0.15) is 11.8 Å². The number of morpholine rings is 2. The van der Waals surface area contributed by atoms with Crippen LogP contribution in [-0.4, -0.2) is 85.7 Å². The summed E-state index contributed by atoms with van der Waals surface area (Å²) in [5.74, 6) is 1.97. The third kappa shape index (κ3) is 5.84. The van der Waals surface area contributed by atoms with E-state index >= 15 is 0 Å². The number of carbonyl (C=O) groups is 2. The van der Waals surface area contributed by atoms with E-state index in [2.05, 4.69) is 0 Å². The number of hydrogen-bond donors (Lipinski definition) is 0. The Balaban J connectivity index is 1.51. The first-order valence-electron chi connectivity index (χ1n) is 7.56. The molecule has 0 spiro atoms. The number of carbonyl (C=O) groups excluding carboxylic acids is 2. The normalized spacial score (nSPS) is 19.6. The van der Waals surface area contributed by atoms with E-state index in [4.69, 9.17) is 9.47 Å². The molecule has 2 rings (SSSR count). The second-order valence-corrected chi connectivity index (χ2v) is 6.32. The maximum Gasteiger partial charge on any atom is 0.223 e. The highest BCUT2D eigenvalue weighted by Gasteiger charge is 2.17. The van der Waals surface area contributed by atoms with Crippen molar-refractivity contribution >= 4 is 23.6 Å². The molecule has 7 heteroatoms. The Bertz CT molecular complexity index is 310. The molecule has 0 unspecified atom stereocenters. The van der Waals surface area contributed by atoms with Gasteiger partial charge in [0.05, 0.1) is 26.4 Å². The monoisotopic (exact) mass is 316 g/mol. The molecule has 2 saturated heterocycles. The SMILES string of the molecule is O=C(CCSCCC(=O)N1CCOCC1)N1CCOCC1. The summed E-state index contributed by atoms with van der Waals surface area (Å²) in [4.78, 5) is 27.5. The first-order valence-corrected chi connectivity index (χ1v) is 8.71. The summed E-state index contributed by atoms with van der Waals surface area (Å²) in [5.41, 5.74) is 0. The zero-order chi connectivity index (χ0) is 14.9. The molecule has 2 fully saturated rings. The molecule has 2 amide bonds. The third-order valence-electron chi connectivity index (χ3n) is 3.65. The number of ether oxygens (including phenoxy) is 2. The fraction of sp³-hybridized carbons (Fsp3) is 0.857. The van der Waals surface area contributed by atoms with Crippen LogP contribution in [0.25, 0.3) is 0 Å². The van der Waals surface area contributed by atoms with Gasteiger partial charge in [-0.3, -0.25) is 9.59 Å². The summed E-state index contributed by atoms with van der Waals surface area (Å²) in [6.07, 6.45) is 1.10. The zero-order valence-corrected chi connectivity index (χ0v) is 13.2. The maximum atomic E-state index is 11.9. The topological polar surface area (TPSA) is 59.1 Å². The summed E-state index contributed by atoms with van der Waals surface area (Å²) in [6, 6.07) is 0. The lowest BCUT2D eigenvalue weighted by molar-refractivity contribution is -0.135. The van der Waals surface area contributed by atoms with E-state index in [-0.39, 0.29) is 11.8 Å². The smallest absolute Gasteiger partial charge is 0.223 e. The predicted molar refractivity (Wildman–Crippen MR) is 81.4 cm³/mol. The van der Waals surface area contributed by atoms with Crippen molar-refractivity contribution in [3.8, 4) is 0 Å². The fourth-order valence-electron chi connectivity index (χ4n) is 2.36. The van der Waals surface area contributed by atoms with Gasteiger partial charge >= 0.3 is 0 Å². The lowest BCUT2D eigenvalue weighted by Crippen LogP contribution is -2.41. The van der Waals surface area contributed by atoms with Crippen molar-refractivity contribution in [2.24, 2.45) is 0 Å². The van der Waals surface area contributed by atoms with E-state index in [9.17, 15) is 9.59 Å². The highest BCUT2D eigenvalue weighted by Crippen LogP contribution is 2.09. The van der Waals surface area contributed by atoms with Crippen molar-refractivity contribution in [3.63, 3.8) is 0 Å². The Kier molecular flexibility index (Phi) is 7.32. The largest absolute Gasteiger partial charge is 0.378 e. The van der Waals surface area contributed by atoms with Gasteiger partial charge in [-0.1, -0.05) is 0 Å². The number of nitrogens with zero attached hydrogens (tertiary/aromatic N) is 2. The van der Waals surface area contributed by atoms with Crippen LogP contribution in [0.4, 0.5) is 0 Å². The van der Waals surface area contributed by atoms with Gasteiger partial charge in [0.25, 0.3) is 0 Å². The average molecular weight is 316 g/mol. The second-order valence-electron chi connectivity index (χ2n) is 5.10. The summed E-state index contributed by atoms with van der Waals surface area (Å²) >= 11 is 1.68. The summed E-state index contributed by atoms with van der Waals surface area (Å²) in [6.45, 7) is 5.41. The predicted octanol–water partition coefficient (Wildman–Crippen LogP) is 0.217. The van der Waals surface area contributed by atoms with Crippen LogP contribution in [0.15, 0.2) is 0 Å². The molecule has 0 atom stereocenters. The Morgan fingerprint density at radius 1 is 0.762 bits per heavy atom. The highest BCUT2D eigenvalue weighted by atomic mass is 32.2. The molecule has 0 bridgehead atoms. The van der Waals surface area contributed by atoms with Gasteiger partial charge in [0.2, 0.25) is 11.8 Å². The van der Waals surface area contributed by atoms with Gasteiger partial charge in [0.15, 0.2) is 0 Å². The molecule has 0 aliphatic carbocycles. The number of thioether (sulfide) groups is 1. The van der Waals surface area contributed by atoms with E-state index in [0.29, 0.717) is 65.4 Å². The second kappa shape index (κ2) is 9.27. The molecule has 2 aliphatic heterocycles. The van der Waals surface area contributed by atoms with Crippen molar-refractivity contribution in [1.29, 1.82) is 0 Å². The highest BCUT2D eigenvalue weighted by molar-refractivity contribution is 7.99. The van der Waals surface area contributed by atoms with Gasteiger partial charge in [0.1, 0.15) is 0 Å². The molecule has 2 aliphatic rings. The van der Waals surface area contributed by atoms with Crippen LogP contribution in [0, 0.1) is 0 Å². The van der Waals surface area contributed by atoms with Crippen LogP contribution in [0.5, 0.6) is 0 Å². The molecule has 0 aromatic carbocycles. The lowest BCUT2D eigenvalue weighted by Gasteiger charge is -2.27. The molecule has 0 aromatic rings. The number of hydrogen-bond acceptors (Lipinski definition) is 5. The molecule has 21 heavy (non-hydrogen) atoms. The van der Waals surface area contributed by atoms with Crippen LogP contribution < -0.4 is 0 Å². The van der Waals surface area contributed by atoms with Crippen LogP contribution in [0.2, 0.25) is 0 Å². The average Bonchev–Trinajstić information content (AvgIpc) is 2.55. The molecular weight excluding hydrogens is 292 g/mol. The third-order valence-corrected chi connectivity index (χ3v) is 4.63. The lowest BCUT2D eigenvalue weighted by atomic mass is 10.3. The minimum absolute atomic E-state index is 0.199.